The van der Waals surface area contributed by atoms with Crippen LogP contribution in [0.4, 0.5) is 0 Å². The van der Waals surface area contributed by atoms with Crippen molar-refractivity contribution in [2.24, 2.45) is 5.92 Å². The molecule has 2 nitrogen and oxygen atoms in total. The third kappa shape index (κ3) is 3.75. The second-order valence-electron chi connectivity index (χ2n) is 5.51. The van der Waals surface area contributed by atoms with Crippen LogP contribution in [0.1, 0.15) is 43.2 Å². The number of rotatable bonds is 3. The van der Waals surface area contributed by atoms with Crippen LogP contribution < -0.4 is 0 Å². The van der Waals surface area contributed by atoms with E-state index in [1.54, 1.807) is 11.8 Å². The molecule has 2 unspecified atom stereocenters. The van der Waals surface area contributed by atoms with E-state index in [0.29, 0.717) is 0 Å². The first kappa shape index (κ1) is 14.4. The minimum absolute atomic E-state index is 0.188. The summed E-state index contributed by atoms with van der Waals surface area (Å²) in [6.45, 7) is 4.19. The molecule has 0 bridgehead atoms. The van der Waals surface area contributed by atoms with E-state index in [-0.39, 0.29) is 11.2 Å². The van der Waals surface area contributed by atoms with Crippen molar-refractivity contribution < 1.29 is 9.90 Å². The standard InChI is InChI=1S/C16H22O2S/c1-11-8-9-12(2)15(10-11)19-14-7-5-3-4-6-13(14)16(17)18/h8-10,13-14H,3-7H2,1-2H3,(H,17,18). The predicted molar refractivity (Wildman–Crippen MR) is 79.8 cm³/mol. The van der Waals surface area contributed by atoms with Gasteiger partial charge >= 0.3 is 5.97 Å². The Morgan fingerprint density at radius 2 is 1.95 bits per heavy atom. The molecule has 2 atom stereocenters. The molecule has 0 amide bonds. The van der Waals surface area contributed by atoms with Gasteiger partial charge in [-0.2, -0.15) is 0 Å². The van der Waals surface area contributed by atoms with Crippen molar-refractivity contribution in [3.05, 3.63) is 29.3 Å². The average Bonchev–Trinajstić information content (AvgIpc) is 2.59. The molecule has 0 aliphatic heterocycles. The lowest BCUT2D eigenvalue weighted by Crippen LogP contribution is -2.24. The highest BCUT2D eigenvalue weighted by molar-refractivity contribution is 8.00. The first-order valence-electron chi connectivity index (χ1n) is 7.04. The second-order valence-corrected chi connectivity index (χ2v) is 6.79. The molecule has 0 saturated heterocycles. The van der Waals surface area contributed by atoms with Crippen LogP contribution in [0.3, 0.4) is 0 Å². The Morgan fingerprint density at radius 1 is 1.21 bits per heavy atom. The number of carboxylic acid groups (broad SMARTS) is 1. The van der Waals surface area contributed by atoms with Gasteiger partial charge in [0.1, 0.15) is 0 Å². The Bertz CT molecular complexity index is 456. The van der Waals surface area contributed by atoms with E-state index < -0.39 is 5.97 Å². The molecule has 1 aliphatic carbocycles. The van der Waals surface area contributed by atoms with Gasteiger partial charge in [0.2, 0.25) is 0 Å². The van der Waals surface area contributed by atoms with Crippen molar-refractivity contribution in [2.75, 3.05) is 0 Å². The number of hydrogen-bond donors (Lipinski definition) is 1. The first-order chi connectivity index (χ1) is 9.08. The summed E-state index contributed by atoms with van der Waals surface area (Å²) >= 11 is 1.77. The summed E-state index contributed by atoms with van der Waals surface area (Å²) < 4.78 is 0. The van der Waals surface area contributed by atoms with E-state index in [1.165, 1.54) is 22.4 Å². The minimum atomic E-state index is -0.621. The number of aliphatic carboxylic acids is 1. The molecule has 0 heterocycles. The average molecular weight is 278 g/mol. The highest BCUT2D eigenvalue weighted by Crippen LogP contribution is 2.38. The summed E-state index contributed by atoms with van der Waals surface area (Å²) in [5.41, 5.74) is 2.50. The lowest BCUT2D eigenvalue weighted by molar-refractivity contribution is -0.141. The maximum Gasteiger partial charge on any atom is 0.307 e. The fraction of sp³-hybridized carbons (Fsp3) is 0.562. The van der Waals surface area contributed by atoms with Crippen molar-refractivity contribution in [3.63, 3.8) is 0 Å². The molecule has 3 heteroatoms. The maximum atomic E-state index is 11.4. The van der Waals surface area contributed by atoms with Crippen LogP contribution in [0, 0.1) is 19.8 Å². The van der Waals surface area contributed by atoms with Gasteiger partial charge < -0.3 is 5.11 Å². The molecule has 1 N–H and O–H groups in total. The number of benzene rings is 1. The Labute approximate surface area is 119 Å². The lowest BCUT2D eigenvalue weighted by atomic mass is 10.0. The van der Waals surface area contributed by atoms with Gasteiger partial charge in [-0.1, -0.05) is 37.0 Å². The van der Waals surface area contributed by atoms with Gasteiger partial charge in [-0.05, 0) is 38.3 Å². The van der Waals surface area contributed by atoms with E-state index in [0.717, 1.165) is 25.7 Å². The molecule has 0 radical (unpaired) electrons. The van der Waals surface area contributed by atoms with E-state index in [1.807, 2.05) is 0 Å². The highest BCUT2D eigenvalue weighted by atomic mass is 32.2. The van der Waals surface area contributed by atoms with Crippen molar-refractivity contribution in [1.29, 1.82) is 0 Å². The number of aryl methyl sites for hydroxylation is 2. The largest absolute Gasteiger partial charge is 0.481 e. The number of thioether (sulfide) groups is 1. The normalized spacial score (nSPS) is 23.9. The molecule has 1 aromatic rings. The Kier molecular flexibility index (Phi) is 4.92. The topological polar surface area (TPSA) is 37.3 Å². The van der Waals surface area contributed by atoms with Gasteiger partial charge in [-0.3, -0.25) is 4.79 Å². The Hall–Kier alpha value is -0.960. The molecular formula is C16H22O2S. The third-order valence-electron chi connectivity index (χ3n) is 3.89. The van der Waals surface area contributed by atoms with Crippen molar-refractivity contribution >= 4 is 17.7 Å². The zero-order valence-corrected chi connectivity index (χ0v) is 12.5. The molecule has 2 rings (SSSR count). The lowest BCUT2D eigenvalue weighted by Gasteiger charge is -2.22. The van der Waals surface area contributed by atoms with Gasteiger partial charge in [0.05, 0.1) is 5.92 Å². The van der Waals surface area contributed by atoms with Gasteiger partial charge in [-0.15, -0.1) is 11.8 Å². The summed E-state index contributed by atoms with van der Waals surface area (Å²) in [7, 11) is 0. The van der Waals surface area contributed by atoms with Crippen LogP contribution in [0.15, 0.2) is 23.1 Å². The van der Waals surface area contributed by atoms with E-state index in [2.05, 4.69) is 32.0 Å². The molecule has 0 spiro atoms. The van der Waals surface area contributed by atoms with E-state index in [4.69, 9.17) is 0 Å². The number of carbonyl (C=O) groups is 1. The predicted octanol–water partition coefficient (Wildman–Crippen LogP) is 4.43. The van der Waals surface area contributed by atoms with Crippen LogP contribution >= 0.6 is 11.8 Å². The third-order valence-corrected chi connectivity index (χ3v) is 5.45. The molecule has 1 saturated carbocycles. The Morgan fingerprint density at radius 3 is 2.68 bits per heavy atom. The summed E-state index contributed by atoms with van der Waals surface area (Å²) in [5, 5.41) is 9.64. The van der Waals surface area contributed by atoms with Crippen LogP contribution in [-0.4, -0.2) is 16.3 Å². The molecule has 1 fully saturated rings. The minimum Gasteiger partial charge on any atom is -0.481 e. The molecular weight excluding hydrogens is 256 g/mol. The maximum absolute atomic E-state index is 11.4. The Balaban J connectivity index is 2.18. The molecule has 19 heavy (non-hydrogen) atoms. The SMILES string of the molecule is Cc1ccc(C)c(SC2CCCCCC2C(=O)O)c1. The zero-order chi connectivity index (χ0) is 13.8. The fourth-order valence-electron chi connectivity index (χ4n) is 2.69. The van der Waals surface area contributed by atoms with Crippen LogP contribution in [0.5, 0.6) is 0 Å². The summed E-state index contributed by atoms with van der Waals surface area (Å²) in [5.74, 6) is -0.808. The number of carboxylic acids is 1. The molecule has 1 aromatic carbocycles. The molecule has 0 aromatic heterocycles. The van der Waals surface area contributed by atoms with Gasteiger partial charge in [-0.25, -0.2) is 0 Å². The fourth-order valence-corrected chi connectivity index (χ4v) is 4.23. The molecule has 1 aliphatic rings. The summed E-state index contributed by atoms with van der Waals surface area (Å²) in [6.07, 6.45) is 5.24. The van der Waals surface area contributed by atoms with Crippen LogP contribution in [0.2, 0.25) is 0 Å². The van der Waals surface area contributed by atoms with Gasteiger partial charge in [0.15, 0.2) is 0 Å². The summed E-state index contributed by atoms with van der Waals surface area (Å²) in [6, 6.07) is 6.43. The van der Waals surface area contributed by atoms with Crippen LogP contribution in [0.25, 0.3) is 0 Å². The highest BCUT2D eigenvalue weighted by Gasteiger charge is 2.30. The molecule has 104 valence electrons. The number of hydrogen-bond acceptors (Lipinski definition) is 2. The van der Waals surface area contributed by atoms with Crippen molar-refractivity contribution in [1.82, 2.24) is 0 Å². The zero-order valence-electron chi connectivity index (χ0n) is 11.7. The van der Waals surface area contributed by atoms with E-state index in [9.17, 15) is 9.90 Å². The smallest absolute Gasteiger partial charge is 0.307 e. The van der Waals surface area contributed by atoms with Crippen molar-refractivity contribution in [2.45, 2.75) is 56.1 Å². The van der Waals surface area contributed by atoms with Gasteiger partial charge in [0.25, 0.3) is 0 Å². The van der Waals surface area contributed by atoms with Gasteiger partial charge in [0, 0.05) is 10.1 Å². The first-order valence-corrected chi connectivity index (χ1v) is 7.92. The monoisotopic (exact) mass is 278 g/mol. The second kappa shape index (κ2) is 6.47. The summed E-state index contributed by atoms with van der Waals surface area (Å²) in [4.78, 5) is 12.7. The quantitative estimate of drug-likeness (QED) is 0.831. The van der Waals surface area contributed by atoms with E-state index >= 15 is 0 Å². The van der Waals surface area contributed by atoms with Crippen LogP contribution in [-0.2, 0) is 4.79 Å². The van der Waals surface area contributed by atoms with Crippen molar-refractivity contribution in [3.8, 4) is 0 Å².